The minimum Gasteiger partial charge on any atom is -0.377 e. The van der Waals surface area contributed by atoms with Gasteiger partial charge in [0.15, 0.2) is 0 Å². The van der Waals surface area contributed by atoms with Gasteiger partial charge in [0.05, 0.1) is 31.1 Å². The molecule has 0 radical (unpaired) electrons. The smallest absolute Gasteiger partial charge is 0.223 e. The van der Waals surface area contributed by atoms with E-state index in [1.807, 2.05) is 18.5 Å². The fourth-order valence-electron chi connectivity index (χ4n) is 4.10. The zero-order valence-electron chi connectivity index (χ0n) is 15.7. The monoisotopic (exact) mass is 368 g/mol. The van der Waals surface area contributed by atoms with Crippen molar-refractivity contribution in [2.45, 2.75) is 63.1 Å². The molecular formula is C20H28N6O. The molecule has 5 rings (SSSR count). The molecule has 0 spiro atoms. The van der Waals surface area contributed by atoms with Gasteiger partial charge in [-0.3, -0.25) is 4.68 Å². The van der Waals surface area contributed by atoms with Crippen LogP contribution in [0.2, 0.25) is 0 Å². The van der Waals surface area contributed by atoms with E-state index in [2.05, 4.69) is 15.0 Å². The Kier molecular flexibility index (Phi) is 4.57. The maximum atomic E-state index is 6.02. The number of nitrogens with zero attached hydrogens (tertiary/aromatic N) is 4. The molecule has 144 valence electrons. The third kappa shape index (κ3) is 3.71. The van der Waals surface area contributed by atoms with E-state index in [1.54, 1.807) is 0 Å². The van der Waals surface area contributed by atoms with Crippen LogP contribution in [-0.4, -0.2) is 45.0 Å². The van der Waals surface area contributed by atoms with Gasteiger partial charge in [-0.25, -0.2) is 9.97 Å². The summed E-state index contributed by atoms with van der Waals surface area (Å²) >= 11 is 0. The van der Waals surface area contributed by atoms with Crippen LogP contribution in [0.15, 0.2) is 18.5 Å². The molecule has 2 aromatic heterocycles. The number of anilines is 1. The van der Waals surface area contributed by atoms with Gasteiger partial charge in [-0.1, -0.05) is 0 Å². The molecule has 0 bridgehead atoms. The molecule has 2 saturated carbocycles. The second-order valence-electron chi connectivity index (χ2n) is 8.31. The van der Waals surface area contributed by atoms with Gasteiger partial charge < -0.3 is 15.8 Å². The second kappa shape index (κ2) is 7.20. The average molecular weight is 368 g/mol. The molecule has 2 aromatic rings. The molecule has 7 heteroatoms. The Morgan fingerprint density at radius 3 is 2.67 bits per heavy atom. The predicted molar refractivity (Wildman–Crippen MR) is 103 cm³/mol. The lowest BCUT2D eigenvalue weighted by atomic mass is 9.92. The Morgan fingerprint density at radius 2 is 1.96 bits per heavy atom. The first-order valence-corrected chi connectivity index (χ1v) is 10.3. The number of ether oxygens (including phenoxy) is 1. The van der Waals surface area contributed by atoms with Crippen LogP contribution < -0.4 is 11.1 Å². The van der Waals surface area contributed by atoms with E-state index < -0.39 is 0 Å². The summed E-state index contributed by atoms with van der Waals surface area (Å²) in [6.45, 7) is 1.53. The Balaban J connectivity index is 1.38. The number of hydrogen-bond donors (Lipinski definition) is 2. The van der Waals surface area contributed by atoms with Crippen molar-refractivity contribution in [3.8, 4) is 11.3 Å². The summed E-state index contributed by atoms with van der Waals surface area (Å²) in [6.07, 6.45) is 11.9. The highest BCUT2D eigenvalue weighted by Gasteiger charge is 2.30. The van der Waals surface area contributed by atoms with Crippen LogP contribution in [0.1, 0.15) is 50.3 Å². The molecule has 3 aliphatic rings. The lowest BCUT2D eigenvalue weighted by Crippen LogP contribution is -2.33. The van der Waals surface area contributed by atoms with Crippen molar-refractivity contribution < 1.29 is 4.74 Å². The molecule has 2 aliphatic carbocycles. The van der Waals surface area contributed by atoms with Crippen LogP contribution in [0.5, 0.6) is 0 Å². The molecule has 1 aliphatic heterocycles. The van der Waals surface area contributed by atoms with Crippen molar-refractivity contribution in [2.75, 3.05) is 18.5 Å². The Bertz CT molecular complexity index is 790. The summed E-state index contributed by atoms with van der Waals surface area (Å²) in [4.78, 5) is 9.27. The maximum Gasteiger partial charge on any atom is 0.223 e. The van der Waals surface area contributed by atoms with Crippen LogP contribution in [0.4, 0.5) is 5.95 Å². The second-order valence-corrected chi connectivity index (χ2v) is 8.31. The van der Waals surface area contributed by atoms with Gasteiger partial charge in [-0.15, -0.1) is 0 Å². The van der Waals surface area contributed by atoms with Crippen LogP contribution in [0.25, 0.3) is 11.3 Å². The third-order valence-corrected chi connectivity index (χ3v) is 6.08. The van der Waals surface area contributed by atoms with Crippen molar-refractivity contribution >= 4 is 5.95 Å². The first-order chi connectivity index (χ1) is 13.3. The van der Waals surface area contributed by atoms with Crippen molar-refractivity contribution in [2.24, 2.45) is 11.7 Å². The number of rotatable bonds is 6. The Labute approximate surface area is 159 Å². The predicted octanol–water partition coefficient (Wildman–Crippen LogP) is 2.55. The highest BCUT2D eigenvalue weighted by Crippen LogP contribution is 2.37. The highest BCUT2D eigenvalue weighted by atomic mass is 16.5. The fraction of sp³-hybridized carbons (Fsp3) is 0.650. The van der Waals surface area contributed by atoms with E-state index in [-0.39, 0.29) is 0 Å². The highest BCUT2D eigenvalue weighted by molar-refractivity contribution is 5.62. The number of nitrogens with one attached hydrogen (secondary N) is 1. The summed E-state index contributed by atoms with van der Waals surface area (Å²) in [5, 5.41) is 8.20. The molecular weight excluding hydrogens is 340 g/mol. The van der Waals surface area contributed by atoms with Crippen LogP contribution in [0.3, 0.4) is 0 Å². The largest absolute Gasteiger partial charge is 0.377 e. The summed E-state index contributed by atoms with van der Waals surface area (Å²) < 4.78 is 7.56. The molecule has 0 unspecified atom stereocenters. The summed E-state index contributed by atoms with van der Waals surface area (Å²) in [7, 11) is 0. The van der Waals surface area contributed by atoms with Gasteiger partial charge in [0, 0.05) is 29.5 Å². The summed E-state index contributed by atoms with van der Waals surface area (Å²) in [6, 6.07) is 3.14. The number of hydrogen-bond acceptors (Lipinski definition) is 6. The summed E-state index contributed by atoms with van der Waals surface area (Å²) in [5.41, 5.74) is 9.43. The van der Waals surface area contributed by atoms with E-state index in [4.69, 9.17) is 20.6 Å². The van der Waals surface area contributed by atoms with Crippen LogP contribution in [0, 0.1) is 5.92 Å². The topological polar surface area (TPSA) is 90.9 Å². The van der Waals surface area contributed by atoms with Crippen molar-refractivity contribution in [3.05, 3.63) is 24.2 Å². The first-order valence-electron chi connectivity index (χ1n) is 10.3. The molecule has 3 fully saturated rings. The Morgan fingerprint density at radius 1 is 1.15 bits per heavy atom. The number of nitrogens with two attached hydrogens (primary N) is 1. The quantitative estimate of drug-likeness (QED) is 0.814. The molecule has 7 nitrogen and oxygen atoms in total. The summed E-state index contributed by atoms with van der Waals surface area (Å²) in [5.74, 6) is 1.51. The van der Waals surface area contributed by atoms with E-state index in [1.165, 1.54) is 18.5 Å². The van der Waals surface area contributed by atoms with E-state index >= 15 is 0 Å². The SMILES string of the molecule is NC1CCC(Nc2nccc(-c3cnn(C4COC4)c3CC3CC3)n2)CC1. The third-order valence-electron chi connectivity index (χ3n) is 6.08. The van der Waals surface area contributed by atoms with E-state index in [9.17, 15) is 0 Å². The Hall–Kier alpha value is -1.99. The van der Waals surface area contributed by atoms with Crippen LogP contribution >= 0.6 is 0 Å². The molecule has 3 N–H and O–H groups in total. The van der Waals surface area contributed by atoms with Crippen molar-refractivity contribution in [1.29, 1.82) is 0 Å². The number of aromatic nitrogens is 4. The molecule has 0 amide bonds. The van der Waals surface area contributed by atoms with Gasteiger partial charge >= 0.3 is 0 Å². The zero-order valence-corrected chi connectivity index (χ0v) is 15.7. The van der Waals surface area contributed by atoms with Crippen molar-refractivity contribution in [3.63, 3.8) is 0 Å². The van der Waals surface area contributed by atoms with Crippen molar-refractivity contribution in [1.82, 2.24) is 19.7 Å². The maximum absolute atomic E-state index is 6.02. The fourth-order valence-corrected chi connectivity index (χ4v) is 4.10. The minimum absolute atomic E-state index is 0.349. The average Bonchev–Trinajstić information content (AvgIpc) is 3.36. The normalized spacial score (nSPS) is 26.0. The molecule has 1 saturated heterocycles. The first kappa shape index (κ1) is 17.1. The van der Waals surface area contributed by atoms with E-state index in [0.29, 0.717) is 24.1 Å². The van der Waals surface area contributed by atoms with Gasteiger partial charge in [0.2, 0.25) is 5.95 Å². The molecule has 0 atom stereocenters. The van der Waals surface area contributed by atoms with E-state index in [0.717, 1.165) is 62.5 Å². The molecule has 0 aromatic carbocycles. The zero-order chi connectivity index (χ0) is 18.2. The van der Waals surface area contributed by atoms with Gasteiger partial charge in [0.25, 0.3) is 0 Å². The lowest BCUT2D eigenvalue weighted by molar-refractivity contribution is -0.0298. The molecule has 27 heavy (non-hydrogen) atoms. The minimum atomic E-state index is 0.349. The van der Waals surface area contributed by atoms with Gasteiger partial charge in [-0.05, 0) is 56.9 Å². The standard InChI is InChI=1S/C20H28N6O/c21-14-3-5-15(6-4-14)24-20-22-8-7-18(25-20)17-10-23-26(16-11-27-12-16)19(17)9-13-1-2-13/h7-8,10,13-16H,1-6,9,11-12,21H2,(H,22,24,25). The lowest BCUT2D eigenvalue weighted by Gasteiger charge is -2.28. The van der Waals surface area contributed by atoms with Crippen LogP contribution in [-0.2, 0) is 11.2 Å². The van der Waals surface area contributed by atoms with Gasteiger partial charge in [0.1, 0.15) is 0 Å². The van der Waals surface area contributed by atoms with Gasteiger partial charge in [-0.2, -0.15) is 5.10 Å². The molecule has 3 heterocycles.